The molecule has 0 saturated heterocycles. The molecule has 0 aliphatic heterocycles. The fourth-order valence-electron chi connectivity index (χ4n) is 3.49. The van der Waals surface area contributed by atoms with E-state index in [9.17, 15) is 24.0 Å². The van der Waals surface area contributed by atoms with E-state index >= 15 is 0 Å². The largest absolute Gasteiger partial charge is 0.481 e. The first-order chi connectivity index (χ1) is 24.9. The molecular formula is C49H105N3O10. The van der Waals surface area contributed by atoms with Crippen LogP contribution >= 0.6 is 0 Å². The Bertz CT molecular complexity index is 1160. The highest BCUT2D eigenvalue weighted by molar-refractivity contribution is 5.81. The number of ketones is 4. The number of ether oxygens (including phenoxy) is 4. The summed E-state index contributed by atoms with van der Waals surface area (Å²) in [6, 6.07) is 6.39. The van der Waals surface area contributed by atoms with Gasteiger partial charge in [-0.25, -0.2) is 0 Å². The van der Waals surface area contributed by atoms with Crippen LogP contribution < -0.4 is 0 Å². The van der Waals surface area contributed by atoms with Crippen molar-refractivity contribution in [1.29, 1.82) is 15.8 Å². The highest BCUT2D eigenvalue weighted by Crippen LogP contribution is 2.22. The summed E-state index contributed by atoms with van der Waals surface area (Å²) in [5.74, 6) is 0.0573. The molecule has 1 N–H and O–H groups in total. The molecule has 62 heavy (non-hydrogen) atoms. The number of carboxylic acids is 1. The van der Waals surface area contributed by atoms with Gasteiger partial charge in [-0.05, 0) is 60.8 Å². The number of carbonyl (C=O) groups excluding carboxylic acids is 4. The molecule has 0 radical (unpaired) electrons. The standard InChI is InChI=1S/C11H19NO2.C10H17NO2.C7H11NO2.C7H14O2.C6H12O2.8CH4/c1-9(7-14-4)10(13)5-6-11(2,3)8-12;1-10(2,8-11)6-4-9(12)5-7-13-3;1-7(2,5-8)4-3-6(9)10;1-4-7(8)6(2)5-9-3;1-3-6(7)4-5-8-2;;;;;;;;/h9H,5-7H2,1-4H3;4-7H2,1-3H3;3-4H2,1-2H3,(H,9,10);6H,4-5H2,1-3H3;3-5H2,1-2H3;8*1H4. The molecule has 0 aliphatic rings. The highest BCUT2D eigenvalue weighted by atomic mass is 16.5. The van der Waals surface area contributed by atoms with Gasteiger partial charge in [0.05, 0.1) is 60.9 Å². The van der Waals surface area contributed by atoms with Crippen LogP contribution in [0.3, 0.4) is 0 Å². The second-order valence-electron chi connectivity index (χ2n) is 14.8. The van der Waals surface area contributed by atoms with Crippen LogP contribution in [0.5, 0.6) is 0 Å². The Hall–Kier alpha value is -3.54. The second-order valence-corrected chi connectivity index (χ2v) is 14.8. The number of methoxy groups -OCH3 is 4. The SMILES string of the molecule is C.C.C.C.C.C.C.C.CC(C)(C#N)CCC(=O)O.CCC(=O)C(C)COC.CCC(=O)CCOC.COCC(C)C(=O)CCC(C)(C)C#N.COCCC(=O)CCC(C)(C)C#N. The topological polar surface area (TPSA) is 214 Å². The molecule has 13 nitrogen and oxygen atoms in total. The van der Waals surface area contributed by atoms with E-state index in [0.29, 0.717) is 84.2 Å². The van der Waals surface area contributed by atoms with Gasteiger partial charge in [-0.2, -0.15) is 15.8 Å². The van der Waals surface area contributed by atoms with E-state index < -0.39 is 16.8 Å². The van der Waals surface area contributed by atoms with Crippen molar-refractivity contribution in [3.63, 3.8) is 0 Å². The van der Waals surface area contributed by atoms with Gasteiger partial charge in [-0.1, -0.05) is 87.1 Å². The minimum absolute atomic E-state index is 0. The molecule has 2 atom stereocenters. The lowest BCUT2D eigenvalue weighted by Crippen LogP contribution is -2.19. The molecule has 0 amide bonds. The molecule has 0 heterocycles. The Morgan fingerprint density at radius 1 is 0.484 bits per heavy atom. The van der Waals surface area contributed by atoms with Gasteiger partial charge in [0.2, 0.25) is 0 Å². The third-order valence-corrected chi connectivity index (χ3v) is 7.74. The van der Waals surface area contributed by atoms with Crippen LogP contribution in [-0.4, -0.2) is 89.1 Å². The number of hydrogen-bond donors (Lipinski definition) is 1. The zero-order valence-corrected chi connectivity index (χ0v) is 36.0. The van der Waals surface area contributed by atoms with E-state index in [1.54, 1.807) is 42.3 Å². The maximum atomic E-state index is 11.5. The number of nitriles is 3. The van der Waals surface area contributed by atoms with Crippen molar-refractivity contribution in [3.8, 4) is 18.2 Å². The van der Waals surface area contributed by atoms with Crippen LogP contribution in [0.25, 0.3) is 0 Å². The molecule has 376 valence electrons. The summed E-state index contributed by atoms with van der Waals surface area (Å²) >= 11 is 0. The van der Waals surface area contributed by atoms with Gasteiger partial charge >= 0.3 is 5.97 Å². The molecule has 2 unspecified atom stereocenters. The number of aliphatic carboxylic acids is 1. The van der Waals surface area contributed by atoms with E-state index in [4.69, 9.17) is 39.8 Å². The van der Waals surface area contributed by atoms with Crippen LogP contribution in [0.15, 0.2) is 0 Å². The molecule has 0 fully saturated rings. The molecule has 0 saturated carbocycles. The number of rotatable bonds is 23. The predicted molar refractivity (Wildman–Crippen MR) is 263 cm³/mol. The molecule has 0 aromatic carbocycles. The average molecular weight is 896 g/mol. The van der Waals surface area contributed by atoms with Crippen LogP contribution in [0, 0.1) is 62.1 Å². The Morgan fingerprint density at radius 3 is 1.06 bits per heavy atom. The van der Waals surface area contributed by atoms with E-state index in [2.05, 4.69) is 12.1 Å². The fraction of sp³-hybridized carbons (Fsp3) is 0.837. The van der Waals surface area contributed by atoms with Gasteiger partial charge in [0.25, 0.3) is 0 Å². The lowest BCUT2D eigenvalue weighted by Gasteiger charge is -2.15. The van der Waals surface area contributed by atoms with Gasteiger partial charge in [-0.15, -0.1) is 0 Å². The number of Topliss-reactive ketones (excluding diaryl/α,β-unsaturated/α-hetero) is 4. The second kappa shape index (κ2) is 57.5. The van der Waals surface area contributed by atoms with Crippen LogP contribution in [0.4, 0.5) is 0 Å². The number of nitrogens with zero attached hydrogens (tertiary/aromatic N) is 3. The predicted octanol–water partition coefficient (Wildman–Crippen LogP) is 12.8. The third-order valence-electron chi connectivity index (χ3n) is 7.74. The monoisotopic (exact) mass is 896 g/mol. The van der Waals surface area contributed by atoms with Crippen LogP contribution in [-0.2, 0) is 42.9 Å². The normalized spacial score (nSPS) is 10.1. The van der Waals surface area contributed by atoms with E-state index in [1.807, 2.05) is 61.5 Å². The smallest absolute Gasteiger partial charge is 0.303 e. The quantitative estimate of drug-likeness (QED) is 0.101. The molecule has 0 rings (SSSR count). The van der Waals surface area contributed by atoms with Crippen molar-refractivity contribution >= 4 is 29.1 Å². The molecule has 0 bridgehead atoms. The Labute approximate surface area is 386 Å². The van der Waals surface area contributed by atoms with Crippen molar-refractivity contribution < 1.29 is 48.0 Å². The summed E-state index contributed by atoms with van der Waals surface area (Å²) in [7, 11) is 6.37. The van der Waals surface area contributed by atoms with E-state index in [1.165, 1.54) is 0 Å². The Balaban J connectivity index is -0.0000000432. The van der Waals surface area contributed by atoms with Crippen molar-refractivity contribution in [2.24, 2.45) is 28.1 Å². The van der Waals surface area contributed by atoms with Gasteiger partial charge in [0.1, 0.15) is 23.1 Å². The maximum Gasteiger partial charge on any atom is 0.303 e. The summed E-state index contributed by atoms with van der Waals surface area (Å²) in [6.07, 6.45) is 4.94. The summed E-state index contributed by atoms with van der Waals surface area (Å²) in [5.41, 5.74) is -1.29. The maximum absolute atomic E-state index is 11.5. The zero-order valence-electron chi connectivity index (χ0n) is 36.0. The lowest BCUT2D eigenvalue weighted by molar-refractivity contribution is -0.137. The zero-order chi connectivity index (χ0) is 43.4. The summed E-state index contributed by atoms with van der Waals surface area (Å²) in [4.78, 5) is 54.0. The molecule has 0 aromatic heterocycles. The van der Waals surface area contributed by atoms with Crippen molar-refractivity contribution in [2.45, 2.75) is 193 Å². The molecule has 0 spiro atoms. The minimum Gasteiger partial charge on any atom is -0.481 e. The summed E-state index contributed by atoms with van der Waals surface area (Å²) in [6.45, 7) is 20.4. The van der Waals surface area contributed by atoms with Crippen LogP contribution in [0.1, 0.15) is 193 Å². The molecule has 0 aliphatic carbocycles. The average Bonchev–Trinajstić information content (AvgIpc) is 3.14. The van der Waals surface area contributed by atoms with Crippen molar-refractivity contribution in [1.82, 2.24) is 0 Å². The van der Waals surface area contributed by atoms with Crippen molar-refractivity contribution in [3.05, 3.63) is 0 Å². The first kappa shape index (κ1) is 93.4. The molecule has 0 aromatic rings. The van der Waals surface area contributed by atoms with Crippen LogP contribution in [0.2, 0.25) is 0 Å². The molecular weight excluding hydrogens is 791 g/mol. The van der Waals surface area contributed by atoms with Crippen molar-refractivity contribution in [2.75, 3.05) is 54.9 Å². The summed E-state index contributed by atoms with van der Waals surface area (Å²) < 4.78 is 19.2. The van der Waals surface area contributed by atoms with Gasteiger partial charge in [0, 0.05) is 85.2 Å². The van der Waals surface area contributed by atoms with Gasteiger partial charge in [-0.3, -0.25) is 24.0 Å². The van der Waals surface area contributed by atoms with Gasteiger partial charge in [0.15, 0.2) is 0 Å². The number of carboxylic acid groups (broad SMARTS) is 1. The minimum atomic E-state index is -0.844. The molecule has 13 heteroatoms. The van der Waals surface area contributed by atoms with Gasteiger partial charge < -0.3 is 24.1 Å². The Kier molecular flexibility index (Phi) is 86.6. The lowest BCUT2D eigenvalue weighted by atomic mass is 9.87. The Morgan fingerprint density at radius 2 is 0.790 bits per heavy atom. The number of hydrogen-bond acceptors (Lipinski definition) is 12. The third kappa shape index (κ3) is 71.0. The highest BCUT2D eigenvalue weighted by Gasteiger charge is 2.21. The number of carbonyl (C=O) groups is 5. The first-order valence-electron chi connectivity index (χ1n) is 18.5. The first-order valence-corrected chi connectivity index (χ1v) is 18.5. The summed E-state index contributed by atoms with van der Waals surface area (Å²) in [5, 5.41) is 34.2. The fourth-order valence-corrected chi connectivity index (χ4v) is 3.49. The van der Waals surface area contributed by atoms with E-state index in [0.717, 1.165) is 0 Å². The van der Waals surface area contributed by atoms with E-state index in [-0.39, 0.29) is 106 Å².